The number of hydrogen-bond acceptors (Lipinski definition) is 4. The Morgan fingerprint density at radius 2 is 1.95 bits per heavy atom. The normalized spacial score (nSPS) is 15.5. The number of para-hydroxylation sites is 2. The first-order chi connectivity index (χ1) is 9.42. The topological polar surface area (TPSA) is 33.7 Å². The molecule has 4 nitrogen and oxygen atoms in total. The standard InChI is InChI=1S/C15H24N2O2/c1-2-18-12-5-13-19-15-7-4-3-6-14(15)17-10-8-16-9-11-17/h3-4,6-7,16H,2,5,8-13H2,1H3. The van der Waals surface area contributed by atoms with Gasteiger partial charge in [0.25, 0.3) is 0 Å². The lowest BCUT2D eigenvalue weighted by Crippen LogP contribution is -2.43. The maximum absolute atomic E-state index is 5.89. The van der Waals surface area contributed by atoms with Gasteiger partial charge < -0.3 is 19.7 Å². The fourth-order valence-corrected chi connectivity index (χ4v) is 2.23. The summed E-state index contributed by atoms with van der Waals surface area (Å²) in [5, 5.41) is 3.37. The summed E-state index contributed by atoms with van der Waals surface area (Å²) in [7, 11) is 0. The summed E-state index contributed by atoms with van der Waals surface area (Å²) in [5.41, 5.74) is 1.21. The fraction of sp³-hybridized carbons (Fsp3) is 0.600. The second-order valence-corrected chi connectivity index (χ2v) is 4.60. The third-order valence-electron chi connectivity index (χ3n) is 3.22. The molecule has 0 radical (unpaired) electrons. The van der Waals surface area contributed by atoms with Crippen molar-refractivity contribution in [3.05, 3.63) is 24.3 Å². The first-order valence-corrected chi connectivity index (χ1v) is 7.17. The number of nitrogens with one attached hydrogen (secondary N) is 1. The fourth-order valence-electron chi connectivity index (χ4n) is 2.23. The van der Waals surface area contributed by atoms with E-state index in [1.165, 1.54) is 5.69 Å². The van der Waals surface area contributed by atoms with E-state index >= 15 is 0 Å². The summed E-state index contributed by atoms with van der Waals surface area (Å²) in [6, 6.07) is 8.30. The smallest absolute Gasteiger partial charge is 0.142 e. The van der Waals surface area contributed by atoms with Crippen LogP contribution < -0.4 is 15.0 Å². The number of benzene rings is 1. The highest BCUT2D eigenvalue weighted by atomic mass is 16.5. The van der Waals surface area contributed by atoms with E-state index < -0.39 is 0 Å². The Hall–Kier alpha value is -1.26. The van der Waals surface area contributed by atoms with Crippen molar-refractivity contribution in [2.24, 2.45) is 0 Å². The Bertz CT molecular complexity index is 365. The van der Waals surface area contributed by atoms with Gasteiger partial charge in [0.1, 0.15) is 5.75 Å². The third-order valence-corrected chi connectivity index (χ3v) is 3.22. The minimum Gasteiger partial charge on any atom is -0.491 e. The number of rotatable bonds is 7. The van der Waals surface area contributed by atoms with Crippen LogP contribution in [0.5, 0.6) is 5.75 Å². The summed E-state index contributed by atoms with van der Waals surface area (Å²) in [4.78, 5) is 2.38. The van der Waals surface area contributed by atoms with Crippen LogP contribution in [0.15, 0.2) is 24.3 Å². The van der Waals surface area contributed by atoms with Crippen LogP contribution in [-0.4, -0.2) is 46.0 Å². The van der Waals surface area contributed by atoms with Crippen molar-refractivity contribution >= 4 is 5.69 Å². The van der Waals surface area contributed by atoms with E-state index in [2.05, 4.69) is 28.4 Å². The first-order valence-electron chi connectivity index (χ1n) is 7.17. The summed E-state index contributed by atoms with van der Waals surface area (Å²) in [6.07, 6.45) is 0.934. The van der Waals surface area contributed by atoms with Gasteiger partial charge >= 0.3 is 0 Å². The zero-order chi connectivity index (χ0) is 13.3. The highest BCUT2D eigenvalue weighted by Crippen LogP contribution is 2.28. The molecule has 4 heteroatoms. The second kappa shape index (κ2) is 8.02. The van der Waals surface area contributed by atoms with E-state index in [-0.39, 0.29) is 0 Å². The lowest BCUT2D eigenvalue weighted by atomic mass is 10.2. The molecule has 1 aromatic carbocycles. The second-order valence-electron chi connectivity index (χ2n) is 4.60. The van der Waals surface area contributed by atoms with Crippen LogP contribution in [0.4, 0.5) is 5.69 Å². The molecule has 0 bridgehead atoms. The molecule has 1 aliphatic heterocycles. The molecule has 1 aliphatic rings. The molecule has 0 unspecified atom stereocenters. The van der Waals surface area contributed by atoms with E-state index in [0.717, 1.165) is 51.6 Å². The van der Waals surface area contributed by atoms with Crippen molar-refractivity contribution in [1.82, 2.24) is 5.32 Å². The van der Waals surface area contributed by atoms with Gasteiger partial charge in [0.2, 0.25) is 0 Å². The van der Waals surface area contributed by atoms with Crippen LogP contribution in [0.1, 0.15) is 13.3 Å². The lowest BCUT2D eigenvalue weighted by Gasteiger charge is -2.30. The quantitative estimate of drug-likeness (QED) is 0.763. The van der Waals surface area contributed by atoms with Crippen molar-refractivity contribution in [2.75, 3.05) is 50.9 Å². The Morgan fingerprint density at radius 3 is 2.74 bits per heavy atom. The number of ether oxygens (including phenoxy) is 2. The molecule has 1 heterocycles. The van der Waals surface area contributed by atoms with Crippen molar-refractivity contribution in [3.8, 4) is 5.75 Å². The average molecular weight is 264 g/mol. The van der Waals surface area contributed by atoms with Gasteiger partial charge in [-0.25, -0.2) is 0 Å². The van der Waals surface area contributed by atoms with Gasteiger partial charge in [0.15, 0.2) is 0 Å². The van der Waals surface area contributed by atoms with Crippen molar-refractivity contribution in [1.29, 1.82) is 0 Å². The van der Waals surface area contributed by atoms with Crippen molar-refractivity contribution in [3.63, 3.8) is 0 Å². The predicted octanol–water partition coefficient (Wildman–Crippen LogP) is 1.90. The SMILES string of the molecule is CCOCCCOc1ccccc1N1CCNCC1. The van der Waals surface area contributed by atoms with Crippen molar-refractivity contribution in [2.45, 2.75) is 13.3 Å². The summed E-state index contributed by atoms with van der Waals surface area (Å²) in [5.74, 6) is 0.987. The molecule has 0 saturated carbocycles. The summed E-state index contributed by atoms with van der Waals surface area (Å²) in [6.45, 7) is 8.43. The van der Waals surface area contributed by atoms with E-state index in [1.807, 2.05) is 13.0 Å². The third kappa shape index (κ3) is 4.40. The minimum atomic E-state index is 0.711. The first kappa shape index (κ1) is 14.2. The van der Waals surface area contributed by atoms with Gasteiger partial charge in [0.05, 0.1) is 12.3 Å². The van der Waals surface area contributed by atoms with Gasteiger partial charge in [-0.15, -0.1) is 0 Å². The summed E-state index contributed by atoms with van der Waals surface area (Å²) < 4.78 is 11.2. The Kier molecular flexibility index (Phi) is 5.98. The van der Waals surface area contributed by atoms with Crippen LogP contribution in [0.2, 0.25) is 0 Å². The van der Waals surface area contributed by atoms with Crippen LogP contribution in [0.25, 0.3) is 0 Å². The van der Waals surface area contributed by atoms with E-state index in [1.54, 1.807) is 0 Å². The van der Waals surface area contributed by atoms with Crippen molar-refractivity contribution < 1.29 is 9.47 Å². The predicted molar refractivity (Wildman–Crippen MR) is 78.1 cm³/mol. The number of hydrogen-bond donors (Lipinski definition) is 1. The van der Waals surface area contributed by atoms with Gasteiger partial charge in [-0.1, -0.05) is 12.1 Å². The Morgan fingerprint density at radius 1 is 1.16 bits per heavy atom. The average Bonchev–Trinajstić information content (AvgIpc) is 2.48. The van der Waals surface area contributed by atoms with E-state index in [4.69, 9.17) is 9.47 Å². The molecule has 2 rings (SSSR count). The Balaban J connectivity index is 1.88. The molecule has 1 N–H and O–H groups in total. The summed E-state index contributed by atoms with van der Waals surface area (Å²) >= 11 is 0. The van der Waals surface area contributed by atoms with E-state index in [9.17, 15) is 0 Å². The molecule has 19 heavy (non-hydrogen) atoms. The molecule has 0 atom stereocenters. The van der Waals surface area contributed by atoms with Crippen LogP contribution >= 0.6 is 0 Å². The van der Waals surface area contributed by atoms with Gasteiger partial charge in [-0.2, -0.15) is 0 Å². The molecule has 1 aromatic rings. The number of nitrogens with zero attached hydrogens (tertiary/aromatic N) is 1. The lowest BCUT2D eigenvalue weighted by molar-refractivity contribution is 0.131. The van der Waals surface area contributed by atoms with Crippen LogP contribution in [-0.2, 0) is 4.74 Å². The zero-order valence-electron chi connectivity index (χ0n) is 11.7. The van der Waals surface area contributed by atoms with Crippen LogP contribution in [0.3, 0.4) is 0 Å². The number of anilines is 1. The Labute approximate surface area is 115 Å². The molecule has 0 aromatic heterocycles. The molecular formula is C15H24N2O2. The van der Waals surface area contributed by atoms with Crippen LogP contribution in [0, 0.1) is 0 Å². The van der Waals surface area contributed by atoms with E-state index in [0.29, 0.717) is 6.61 Å². The number of piperazine rings is 1. The minimum absolute atomic E-state index is 0.711. The van der Waals surface area contributed by atoms with Gasteiger partial charge in [0, 0.05) is 45.8 Å². The highest BCUT2D eigenvalue weighted by Gasteiger charge is 2.14. The molecule has 0 amide bonds. The zero-order valence-corrected chi connectivity index (χ0v) is 11.7. The molecule has 0 spiro atoms. The van der Waals surface area contributed by atoms with Gasteiger partial charge in [-0.3, -0.25) is 0 Å². The highest BCUT2D eigenvalue weighted by molar-refractivity contribution is 5.58. The maximum atomic E-state index is 5.89. The largest absolute Gasteiger partial charge is 0.491 e. The molecule has 0 aliphatic carbocycles. The maximum Gasteiger partial charge on any atom is 0.142 e. The monoisotopic (exact) mass is 264 g/mol. The van der Waals surface area contributed by atoms with Gasteiger partial charge in [-0.05, 0) is 19.1 Å². The molecule has 1 fully saturated rings. The molecular weight excluding hydrogens is 240 g/mol. The molecule has 106 valence electrons. The molecule has 1 saturated heterocycles.